The van der Waals surface area contributed by atoms with Gasteiger partial charge in [-0.3, -0.25) is 9.59 Å². The highest BCUT2D eigenvalue weighted by atomic mass is 32.2. The third-order valence-corrected chi connectivity index (χ3v) is 8.09. The molecule has 2 unspecified atom stereocenters. The van der Waals surface area contributed by atoms with E-state index in [1.165, 1.54) is 11.8 Å². The van der Waals surface area contributed by atoms with E-state index in [0.29, 0.717) is 37.6 Å². The van der Waals surface area contributed by atoms with Crippen LogP contribution in [0, 0.1) is 19.8 Å². The molecule has 4 rings (SSSR count). The first-order chi connectivity index (χ1) is 18.7. The van der Waals surface area contributed by atoms with E-state index < -0.39 is 12.0 Å². The van der Waals surface area contributed by atoms with Crippen LogP contribution in [-0.4, -0.2) is 72.8 Å². The molecule has 0 spiro atoms. The zero-order valence-corrected chi connectivity index (χ0v) is 24.1. The standard InChI is InChI=1S/C29H37N3O6S/c1-6-37-27(34)21-8-7-11-31(16-21)24(33)15-22-17-39-29-30-20(4)25(28(35)38-13-12-36-5)26(32(22)29)23-14-18(2)9-10-19(23)3/h9-10,14,17,21,26H,6-8,11-13,15-16H2,1-5H3. The number of hydrogen-bond acceptors (Lipinski definition) is 9. The fourth-order valence-electron chi connectivity index (χ4n) is 5.20. The normalized spacial score (nSPS) is 20.8. The minimum absolute atomic E-state index is 0.0627. The van der Waals surface area contributed by atoms with Crippen LogP contribution in [0.4, 0.5) is 0 Å². The summed E-state index contributed by atoms with van der Waals surface area (Å²) in [7, 11) is 1.56. The molecule has 0 radical (unpaired) electrons. The minimum atomic E-state index is -0.491. The van der Waals surface area contributed by atoms with Gasteiger partial charge in [0, 0.05) is 25.9 Å². The highest BCUT2D eigenvalue weighted by molar-refractivity contribution is 8.16. The van der Waals surface area contributed by atoms with Gasteiger partial charge < -0.3 is 24.0 Å². The van der Waals surface area contributed by atoms with Crippen LogP contribution in [0.15, 0.2) is 45.6 Å². The summed E-state index contributed by atoms with van der Waals surface area (Å²) in [4.78, 5) is 47.7. The summed E-state index contributed by atoms with van der Waals surface area (Å²) in [5.41, 5.74) is 4.86. The number of aryl methyl sites for hydroxylation is 2. The summed E-state index contributed by atoms with van der Waals surface area (Å²) in [5, 5.41) is 2.66. The highest BCUT2D eigenvalue weighted by Crippen LogP contribution is 2.46. The Kier molecular flexibility index (Phi) is 9.50. The lowest BCUT2D eigenvalue weighted by Gasteiger charge is -2.38. The topological polar surface area (TPSA) is 97.7 Å². The summed E-state index contributed by atoms with van der Waals surface area (Å²) in [6.07, 6.45) is 1.61. The predicted molar refractivity (Wildman–Crippen MR) is 150 cm³/mol. The molecule has 2 atom stereocenters. The Balaban J connectivity index is 1.63. The van der Waals surface area contributed by atoms with Crippen LogP contribution in [0.5, 0.6) is 0 Å². The smallest absolute Gasteiger partial charge is 0.338 e. The number of fused-ring (bicyclic) bond motifs is 1. The number of carbonyl (C=O) groups is 3. The molecule has 1 saturated heterocycles. The Labute approximate surface area is 234 Å². The number of amides is 1. The third kappa shape index (κ3) is 6.38. The molecule has 0 N–H and O–H groups in total. The molecule has 3 heterocycles. The molecule has 1 aromatic carbocycles. The van der Waals surface area contributed by atoms with E-state index in [9.17, 15) is 14.4 Å². The van der Waals surface area contributed by atoms with Gasteiger partial charge in [-0.15, -0.1) is 0 Å². The summed E-state index contributed by atoms with van der Waals surface area (Å²) in [6.45, 7) is 9.36. The number of likely N-dealkylation sites (tertiary alicyclic amines) is 1. The van der Waals surface area contributed by atoms with E-state index in [1.54, 1.807) is 18.9 Å². The minimum Gasteiger partial charge on any atom is -0.466 e. The number of amidine groups is 1. The van der Waals surface area contributed by atoms with Gasteiger partial charge in [0.05, 0.1) is 42.9 Å². The Morgan fingerprint density at radius 2 is 1.92 bits per heavy atom. The number of benzene rings is 1. The molecule has 210 valence electrons. The lowest BCUT2D eigenvalue weighted by molar-refractivity contribution is -0.151. The van der Waals surface area contributed by atoms with E-state index in [2.05, 4.69) is 6.07 Å². The van der Waals surface area contributed by atoms with Crippen molar-refractivity contribution in [3.63, 3.8) is 0 Å². The van der Waals surface area contributed by atoms with Gasteiger partial charge in [-0.05, 0) is 57.1 Å². The molecule has 3 aliphatic rings. The average molecular weight is 556 g/mol. The number of carbonyl (C=O) groups excluding carboxylic acids is 3. The van der Waals surface area contributed by atoms with Crippen LogP contribution in [-0.2, 0) is 28.6 Å². The van der Waals surface area contributed by atoms with Crippen LogP contribution in [0.3, 0.4) is 0 Å². The van der Waals surface area contributed by atoms with Gasteiger partial charge in [0.2, 0.25) is 5.91 Å². The number of nitrogens with zero attached hydrogens (tertiary/aromatic N) is 3. The molecule has 0 aromatic heterocycles. The van der Waals surface area contributed by atoms with Crippen molar-refractivity contribution in [1.29, 1.82) is 0 Å². The van der Waals surface area contributed by atoms with Crippen LogP contribution in [0.1, 0.15) is 55.8 Å². The lowest BCUT2D eigenvalue weighted by atomic mass is 9.90. The van der Waals surface area contributed by atoms with Crippen molar-refractivity contribution in [1.82, 2.24) is 9.80 Å². The quantitative estimate of drug-likeness (QED) is 0.329. The number of allylic oxidation sites excluding steroid dienone is 1. The Morgan fingerprint density at radius 1 is 1.13 bits per heavy atom. The SMILES string of the molecule is CCOC(=O)C1CCCN(C(=O)CC2=CSC3=NC(C)=C(C(=O)OCCOC)C(c4cc(C)ccc4C)N23)C1. The van der Waals surface area contributed by atoms with E-state index in [4.69, 9.17) is 19.2 Å². The van der Waals surface area contributed by atoms with Crippen molar-refractivity contribution in [2.75, 3.05) is 40.0 Å². The van der Waals surface area contributed by atoms with Crippen LogP contribution in [0.2, 0.25) is 0 Å². The van der Waals surface area contributed by atoms with Crippen molar-refractivity contribution in [2.24, 2.45) is 10.9 Å². The van der Waals surface area contributed by atoms with Crippen LogP contribution in [0.25, 0.3) is 0 Å². The first kappa shape index (κ1) is 28.9. The molecule has 3 aliphatic heterocycles. The maximum Gasteiger partial charge on any atom is 0.338 e. The maximum atomic E-state index is 13.5. The molecule has 9 nitrogen and oxygen atoms in total. The zero-order chi connectivity index (χ0) is 28.1. The number of methoxy groups -OCH3 is 1. The molecule has 1 amide bonds. The van der Waals surface area contributed by atoms with Crippen LogP contribution >= 0.6 is 11.8 Å². The van der Waals surface area contributed by atoms with Crippen molar-refractivity contribution < 1.29 is 28.6 Å². The molecular formula is C29H37N3O6S. The number of piperidine rings is 1. The summed E-state index contributed by atoms with van der Waals surface area (Å²) < 4.78 is 15.8. The van der Waals surface area contributed by atoms with Gasteiger partial charge in [-0.25, -0.2) is 9.79 Å². The Hall–Kier alpha value is -3.11. The van der Waals surface area contributed by atoms with Gasteiger partial charge in [-0.2, -0.15) is 0 Å². The molecule has 0 aliphatic carbocycles. The molecule has 1 fully saturated rings. The first-order valence-electron chi connectivity index (χ1n) is 13.4. The fourth-order valence-corrected chi connectivity index (χ4v) is 6.16. The molecule has 10 heteroatoms. The zero-order valence-electron chi connectivity index (χ0n) is 23.3. The van der Waals surface area contributed by atoms with E-state index in [1.807, 2.05) is 43.2 Å². The third-order valence-electron chi connectivity index (χ3n) is 7.20. The largest absolute Gasteiger partial charge is 0.466 e. The second-order valence-electron chi connectivity index (χ2n) is 9.99. The Bertz CT molecular complexity index is 1220. The number of thioether (sulfide) groups is 1. The van der Waals surface area contributed by atoms with Gasteiger partial charge in [-0.1, -0.05) is 35.5 Å². The number of rotatable bonds is 9. The lowest BCUT2D eigenvalue weighted by Crippen LogP contribution is -2.44. The maximum absolute atomic E-state index is 13.5. The second kappa shape index (κ2) is 12.8. The van der Waals surface area contributed by atoms with Crippen molar-refractivity contribution in [3.05, 3.63) is 57.3 Å². The molecule has 1 aromatic rings. The number of esters is 2. The monoisotopic (exact) mass is 555 g/mol. The fraction of sp³-hybridized carbons (Fsp3) is 0.517. The Morgan fingerprint density at radius 3 is 2.67 bits per heavy atom. The predicted octanol–water partition coefficient (Wildman–Crippen LogP) is 4.26. The molecular weight excluding hydrogens is 518 g/mol. The van der Waals surface area contributed by atoms with Gasteiger partial charge in [0.1, 0.15) is 6.61 Å². The van der Waals surface area contributed by atoms with Crippen molar-refractivity contribution in [3.8, 4) is 0 Å². The summed E-state index contributed by atoms with van der Waals surface area (Å²) >= 11 is 1.45. The highest BCUT2D eigenvalue weighted by Gasteiger charge is 2.42. The van der Waals surface area contributed by atoms with Crippen LogP contribution < -0.4 is 0 Å². The summed E-state index contributed by atoms with van der Waals surface area (Å²) in [6, 6.07) is 5.67. The average Bonchev–Trinajstić information content (AvgIpc) is 3.31. The second-order valence-corrected chi connectivity index (χ2v) is 10.8. The van der Waals surface area contributed by atoms with Gasteiger partial charge >= 0.3 is 11.9 Å². The number of aliphatic imine (C=N–C) groups is 1. The molecule has 0 bridgehead atoms. The summed E-state index contributed by atoms with van der Waals surface area (Å²) in [5.74, 6) is -1.06. The van der Waals surface area contributed by atoms with Crippen molar-refractivity contribution >= 4 is 34.8 Å². The van der Waals surface area contributed by atoms with Crippen molar-refractivity contribution in [2.45, 2.75) is 53.0 Å². The number of ether oxygens (including phenoxy) is 3. The molecule has 39 heavy (non-hydrogen) atoms. The molecule has 0 saturated carbocycles. The number of hydrogen-bond donors (Lipinski definition) is 0. The van der Waals surface area contributed by atoms with E-state index in [-0.39, 0.29) is 30.8 Å². The van der Waals surface area contributed by atoms with E-state index in [0.717, 1.165) is 40.4 Å². The first-order valence-corrected chi connectivity index (χ1v) is 14.2. The van der Waals surface area contributed by atoms with E-state index >= 15 is 0 Å². The van der Waals surface area contributed by atoms with Gasteiger partial charge in [0.25, 0.3) is 0 Å². The van der Waals surface area contributed by atoms with Gasteiger partial charge in [0.15, 0.2) is 5.17 Å².